The summed E-state index contributed by atoms with van der Waals surface area (Å²) in [6.07, 6.45) is 0.142. The Kier molecular flexibility index (Phi) is 7.89. The Hall–Kier alpha value is -3.06. The second-order valence-corrected chi connectivity index (χ2v) is 7.64. The number of amides is 2. The highest BCUT2D eigenvalue weighted by Gasteiger charge is 2.32. The topological polar surface area (TPSA) is 71.1 Å². The molecule has 1 aliphatic rings. The first-order chi connectivity index (χ1) is 15.0. The standard InChI is InChI=1S/C24H31N3O4/c1-4-31-22-14-19(10-11-21(22)30-3)16-26(2)23(28)15-20-24(29)25-12-13-27(20)17-18-8-6-5-7-9-18/h5-11,14,20H,4,12-13,15-17H2,1-3H3,(H,25,29)/t20-/m1/s1. The fraction of sp³-hybridized carbons (Fsp3) is 0.417. The molecule has 166 valence electrons. The van der Waals surface area contributed by atoms with Crippen LogP contribution in [0.2, 0.25) is 0 Å². The molecule has 1 saturated heterocycles. The van der Waals surface area contributed by atoms with Crippen molar-refractivity contribution in [2.45, 2.75) is 32.5 Å². The number of nitrogens with zero attached hydrogens (tertiary/aromatic N) is 2. The Morgan fingerprint density at radius 1 is 1.16 bits per heavy atom. The minimum atomic E-state index is -0.473. The number of rotatable bonds is 9. The van der Waals surface area contributed by atoms with Gasteiger partial charge in [0.1, 0.15) is 0 Å². The van der Waals surface area contributed by atoms with Gasteiger partial charge in [-0.2, -0.15) is 0 Å². The van der Waals surface area contributed by atoms with Crippen LogP contribution in [0.3, 0.4) is 0 Å². The molecular weight excluding hydrogens is 394 g/mol. The number of ether oxygens (including phenoxy) is 2. The minimum Gasteiger partial charge on any atom is -0.493 e. The molecule has 0 saturated carbocycles. The van der Waals surface area contributed by atoms with E-state index >= 15 is 0 Å². The molecular formula is C24H31N3O4. The van der Waals surface area contributed by atoms with E-state index in [0.29, 0.717) is 37.7 Å². The highest BCUT2D eigenvalue weighted by Crippen LogP contribution is 2.28. The Labute approximate surface area is 183 Å². The average Bonchev–Trinajstić information content (AvgIpc) is 2.77. The number of hydrogen-bond acceptors (Lipinski definition) is 5. The van der Waals surface area contributed by atoms with Gasteiger partial charge >= 0.3 is 0 Å². The minimum absolute atomic E-state index is 0.0751. The summed E-state index contributed by atoms with van der Waals surface area (Å²) in [5.74, 6) is 1.15. The van der Waals surface area contributed by atoms with E-state index in [1.165, 1.54) is 0 Å². The number of carbonyl (C=O) groups excluding carboxylic acids is 2. The summed E-state index contributed by atoms with van der Waals surface area (Å²) in [5.41, 5.74) is 2.07. The fourth-order valence-corrected chi connectivity index (χ4v) is 3.76. The van der Waals surface area contributed by atoms with E-state index in [1.807, 2.05) is 55.5 Å². The number of methoxy groups -OCH3 is 1. The molecule has 0 radical (unpaired) electrons. The van der Waals surface area contributed by atoms with Crippen LogP contribution < -0.4 is 14.8 Å². The molecule has 1 N–H and O–H groups in total. The van der Waals surface area contributed by atoms with Gasteiger partial charge in [0, 0.05) is 33.2 Å². The van der Waals surface area contributed by atoms with Crippen LogP contribution in [0.4, 0.5) is 0 Å². The molecule has 7 nitrogen and oxygen atoms in total. The van der Waals surface area contributed by atoms with Crippen LogP contribution in [0.25, 0.3) is 0 Å². The van der Waals surface area contributed by atoms with Crippen LogP contribution >= 0.6 is 0 Å². The van der Waals surface area contributed by atoms with Gasteiger partial charge in [-0.15, -0.1) is 0 Å². The third kappa shape index (κ3) is 5.98. The van der Waals surface area contributed by atoms with Gasteiger partial charge in [0.2, 0.25) is 11.8 Å². The maximum Gasteiger partial charge on any atom is 0.237 e. The highest BCUT2D eigenvalue weighted by atomic mass is 16.5. The van der Waals surface area contributed by atoms with E-state index in [-0.39, 0.29) is 18.2 Å². The lowest BCUT2D eigenvalue weighted by Crippen LogP contribution is -2.56. The highest BCUT2D eigenvalue weighted by molar-refractivity contribution is 5.88. The normalized spacial score (nSPS) is 16.5. The first kappa shape index (κ1) is 22.6. The number of carbonyl (C=O) groups is 2. The third-order valence-corrected chi connectivity index (χ3v) is 5.41. The SMILES string of the molecule is CCOc1cc(CN(C)C(=O)C[C@@H]2C(=O)NCCN2Cc2ccccc2)ccc1OC. The summed E-state index contributed by atoms with van der Waals surface area (Å²) < 4.78 is 11.0. The van der Waals surface area contributed by atoms with Crippen LogP contribution in [0.1, 0.15) is 24.5 Å². The van der Waals surface area contributed by atoms with Crippen LogP contribution in [-0.2, 0) is 22.7 Å². The Balaban J connectivity index is 1.65. The zero-order valence-corrected chi connectivity index (χ0v) is 18.5. The fourth-order valence-electron chi connectivity index (χ4n) is 3.76. The Morgan fingerprint density at radius 2 is 1.94 bits per heavy atom. The molecule has 2 aromatic rings. The van der Waals surface area contributed by atoms with Crippen LogP contribution in [-0.4, -0.2) is 61.5 Å². The molecule has 2 amide bonds. The van der Waals surface area contributed by atoms with Crippen molar-refractivity contribution in [1.29, 1.82) is 0 Å². The Bertz CT molecular complexity index is 888. The van der Waals surface area contributed by atoms with Crippen LogP contribution in [0.15, 0.2) is 48.5 Å². The van der Waals surface area contributed by atoms with Gasteiger partial charge < -0.3 is 19.7 Å². The second-order valence-electron chi connectivity index (χ2n) is 7.64. The van der Waals surface area contributed by atoms with E-state index in [2.05, 4.69) is 10.2 Å². The van der Waals surface area contributed by atoms with E-state index in [9.17, 15) is 9.59 Å². The molecule has 1 fully saturated rings. The molecule has 0 aromatic heterocycles. The molecule has 1 atom stereocenters. The average molecular weight is 426 g/mol. The van der Waals surface area contributed by atoms with Crippen molar-refractivity contribution in [3.8, 4) is 11.5 Å². The Morgan fingerprint density at radius 3 is 2.65 bits per heavy atom. The number of piperazine rings is 1. The van der Waals surface area contributed by atoms with Gasteiger partial charge in [0.15, 0.2) is 11.5 Å². The summed E-state index contributed by atoms with van der Waals surface area (Å²) in [5, 5.41) is 2.89. The summed E-state index contributed by atoms with van der Waals surface area (Å²) in [6.45, 7) is 4.83. The van der Waals surface area contributed by atoms with Gasteiger partial charge in [-0.3, -0.25) is 14.5 Å². The second kappa shape index (κ2) is 10.8. The maximum atomic E-state index is 13.0. The van der Waals surface area contributed by atoms with E-state index < -0.39 is 6.04 Å². The molecule has 1 heterocycles. The van der Waals surface area contributed by atoms with E-state index in [4.69, 9.17) is 9.47 Å². The molecule has 7 heteroatoms. The predicted molar refractivity (Wildman–Crippen MR) is 119 cm³/mol. The molecule has 31 heavy (non-hydrogen) atoms. The summed E-state index contributed by atoms with van der Waals surface area (Å²) in [4.78, 5) is 29.2. The lowest BCUT2D eigenvalue weighted by atomic mass is 10.1. The van der Waals surface area contributed by atoms with Crippen molar-refractivity contribution in [2.24, 2.45) is 0 Å². The van der Waals surface area contributed by atoms with Gasteiger partial charge in [0.25, 0.3) is 0 Å². The molecule has 2 aromatic carbocycles. The zero-order valence-electron chi connectivity index (χ0n) is 18.5. The van der Waals surface area contributed by atoms with Gasteiger partial charge in [-0.25, -0.2) is 0 Å². The predicted octanol–water partition coefficient (Wildman–Crippen LogP) is 2.44. The summed E-state index contributed by atoms with van der Waals surface area (Å²) >= 11 is 0. The molecule has 0 unspecified atom stereocenters. The lowest BCUT2D eigenvalue weighted by molar-refractivity contribution is -0.138. The molecule has 3 rings (SSSR count). The van der Waals surface area contributed by atoms with E-state index in [1.54, 1.807) is 19.1 Å². The van der Waals surface area contributed by atoms with Crippen LogP contribution in [0, 0.1) is 0 Å². The molecule has 0 aliphatic carbocycles. The third-order valence-electron chi connectivity index (χ3n) is 5.41. The summed E-state index contributed by atoms with van der Waals surface area (Å²) in [7, 11) is 3.36. The quantitative estimate of drug-likeness (QED) is 0.668. The maximum absolute atomic E-state index is 13.0. The molecule has 1 aliphatic heterocycles. The summed E-state index contributed by atoms with van der Waals surface area (Å²) in [6, 6.07) is 15.2. The van der Waals surface area contributed by atoms with Crippen molar-refractivity contribution in [3.05, 3.63) is 59.7 Å². The zero-order chi connectivity index (χ0) is 22.2. The number of nitrogens with one attached hydrogen (secondary N) is 1. The smallest absolute Gasteiger partial charge is 0.237 e. The largest absolute Gasteiger partial charge is 0.493 e. The van der Waals surface area contributed by atoms with Crippen molar-refractivity contribution < 1.29 is 19.1 Å². The van der Waals surface area contributed by atoms with Gasteiger partial charge in [0.05, 0.1) is 26.2 Å². The first-order valence-electron chi connectivity index (χ1n) is 10.6. The van der Waals surface area contributed by atoms with E-state index in [0.717, 1.165) is 17.7 Å². The monoisotopic (exact) mass is 425 g/mol. The van der Waals surface area contributed by atoms with Crippen molar-refractivity contribution in [2.75, 3.05) is 33.9 Å². The van der Waals surface area contributed by atoms with Crippen molar-refractivity contribution in [3.63, 3.8) is 0 Å². The number of hydrogen-bond donors (Lipinski definition) is 1. The number of benzene rings is 2. The van der Waals surface area contributed by atoms with Crippen molar-refractivity contribution in [1.82, 2.24) is 15.1 Å². The van der Waals surface area contributed by atoms with Gasteiger partial charge in [-0.05, 0) is 30.2 Å². The first-order valence-corrected chi connectivity index (χ1v) is 10.6. The molecule has 0 bridgehead atoms. The van der Waals surface area contributed by atoms with Crippen molar-refractivity contribution >= 4 is 11.8 Å². The molecule has 0 spiro atoms. The van der Waals surface area contributed by atoms with Gasteiger partial charge in [-0.1, -0.05) is 36.4 Å². The van der Waals surface area contributed by atoms with Crippen LogP contribution in [0.5, 0.6) is 11.5 Å². The lowest BCUT2D eigenvalue weighted by Gasteiger charge is -2.35.